The van der Waals surface area contributed by atoms with Gasteiger partial charge in [-0.1, -0.05) is 14.9 Å². The minimum absolute atomic E-state index is 0. The fraction of sp³-hybridized carbons (Fsp3) is 0.400. The summed E-state index contributed by atoms with van der Waals surface area (Å²) in [5.41, 5.74) is 0. The van der Waals surface area contributed by atoms with Gasteiger partial charge in [0, 0.05) is 35.6 Å². The van der Waals surface area contributed by atoms with Crippen LogP contribution in [-0.4, -0.2) is 46.0 Å². The summed E-state index contributed by atoms with van der Waals surface area (Å²) in [6, 6.07) is 0. The Morgan fingerprint density at radius 3 is 0.941 bits per heavy atom. The van der Waals surface area contributed by atoms with Crippen LogP contribution in [0, 0.1) is 0 Å². The zero-order chi connectivity index (χ0) is 9.54. The van der Waals surface area contributed by atoms with Crippen LogP contribution >= 0.6 is 0 Å². The molecule has 17 heavy (non-hydrogen) atoms. The van der Waals surface area contributed by atoms with Gasteiger partial charge in [-0.05, 0) is 0 Å². The molecule has 1 radical (unpaired) electrons. The number of rotatable bonds is 2. The SMILES string of the molecule is C.C.O.O.O.O=C=O.O=COO.O=COO.[HH].[HH].[Y]. The average molecular weight is 347 g/mol. The number of hydrogen-bond acceptors (Lipinski definition) is 8. The summed E-state index contributed by atoms with van der Waals surface area (Å²) < 4.78 is 0. The van der Waals surface area contributed by atoms with Gasteiger partial charge in [-0.15, -0.1) is 0 Å². The van der Waals surface area contributed by atoms with Gasteiger partial charge in [0.25, 0.3) is 0 Å². The van der Waals surface area contributed by atoms with Crippen LogP contribution in [0.15, 0.2) is 0 Å². The third-order valence-electron chi connectivity index (χ3n) is 0.0861. The first-order chi connectivity index (χ1) is 5.24. The van der Waals surface area contributed by atoms with Crippen molar-refractivity contribution in [1.82, 2.24) is 0 Å². The second-order valence-electron chi connectivity index (χ2n) is 0.487. The van der Waals surface area contributed by atoms with Crippen molar-refractivity contribution in [2.24, 2.45) is 0 Å². The molecule has 0 aliphatic rings. The fourth-order valence-corrected chi connectivity index (χ4v) is 0. The fourth-order valence-electron chi connectivity index (χ4n) is 0. The minimum atomic E-state index is -0.0694. The van der Waals surface area contributed by atoms with E-state index >= 15 is 0 Å². The summed E-state index contributed by atoms with van der Waals surface area (Å²) in [4.78, 5) is 39.4. The molecule has 0 saturated heterocycles. The Hall–Kier alpha value is -0.776. The second-order valence-corrected chi connectivity index (χ2v) is 0.487. The number of carbonyl (C=O) groups excluding carboxylic acids is 4. The van der Waals surface area contributed by atoms with Gasteiger partial charge in [0.15, 0.2) is 0 Å². The summed E-state index contributed by atoms with van der Waals surface area (Å²) in [5.74, 6) is 0. The minimum Gasteiger partial charge on any atom is -0.412 e. The quantitative estimate of drug-likeness (QED) is 0.321. The monoisotopic (exact) mass is 347 g/mol. The molecule has 8 N–H and O–H groups in total. The third-order valence-corrected chi connectivity index (χ3v) is 0.0861. The Balaban J connectivity index is -0.00000000467. The largest absolute Gasteiger partial charge is 0.412 e. The summed E-state index contributed by atoms with van der Waals surface area (Å²) in [6.07, 6.45) is 0.250. The van der Waals surface area contributed by atoms with E-state index in [4.69, 9.17) is 29.7 Å². The number of hydrogen-bond donors (Lipinski definition) is 2. The van der Waals surface area contributed by atoms with Gasteiger partial charge in [-0.2, -0.15) is 9.59 Å². The Kier molecular flexibility index (Phi) is 732. The summed E-state index contributed by atoms with van der Waals surface area (Å²) in [7, 11) is 0. The second kappa shape index (κ2) is 173. The third kappa shape index (κ3) is 1780. The van der Waals surface area contributed by atoms with Crippen LogP contribution in [0.2, 0.25) is 0 Å². The molecule has 0 amide bonds. The van der Waals surface area contributed by atoms with E-state index in [2.05, 4.69) is 9.78 Å². The van der Waals surface area contributed by atoms with E-state index in [9.17, 15) is 0 Å². The molecule has 12 heteroatoms. The Bertz CT molecular complexity index is 114. The molecule has 0 aromatic heterocycles. The van der Waals surface area contributed by atoms with Crippen LogP contribution in [-0.2, 0) is 61.7 Å². The Morgan fingerprint density at radius 1 is 0.882 bits per heavy atom. The molecule has 0 spiro atoms. The van der Waals surface area contributed by atoms with Gasteiger partial charge in [-0.25, -0.2) is 10.5 Å². The predicted molar refractivity (Wildman–Crippen MR) is 53.1 cm³/mol. The van der Waals surface area contributed by atoms with Crippen LogP contribution in [0.5, 0.6) is 0 Å². The van der Waals surface area contributed by atoms with E-state index < -0.39 is 0 Å². The number of carbonyl (C=O) groups is 2. The van der Waals surface area contributed by atoms with Crippen LogP contribution in [0.3, 0.4) is 0 Å². The van der Waals surface area contributed by atoms with E-state index in [-0.39, 0.29) is 85.9 Å². The van der Waals surface area contributed by atoms with E-state index in [1.807, 2.05) is 0 Å². The van der Waals surface area contributed by atoms with E-state index in [1.54, 1.807) is 0 Å². The molecule has 11 nitrogen and oxygen atoms in total. The van der Waals surface area contributed by atoms with Crippen molar-refractivity contribution < 1.29 is 91.5 Å². The Morgan fingerprint density at radius 2 is 0.941 bits per heavy atom. The standard InChI is InChI=1S/2CH2O3.CO2.2CH4.3H2O.Y.2H2/c2*2-1-4-3;2-1-3;;;;;;;;/h2*1,3H;;2*1H4;3*1H2;;2*1H. The predicted octanol–water partition coefficient (Wildman–Crippen LogP) is -2.03. The van der Waals surface area contributed by atoms with Crippen LogP contribution in [0.25, 0.3) is 0 Å². The van der Waals surface area contributed by atoms with Gasteiger partial charge >= 0.3 is 19.1 Å². The smallest absolute Gasteiger partial charge is 0.373 e. The van der Waals surface area contributed by atoms with Crippen molar-refractivity contribution in [2.75, 3.05) is 0 Å². The van der Waals surface area contributed by atoms with Crippen molar-refractivity contribution in [2.45, 2.75) is 14.9 Å². The van der Waals surface area contributed by atoms with E-state index in [0.29, 0.717) is 0 Å². The van der Waals surface area contributed by atoms with Gasteiger partial charge in [0.2, 0.25) is 0 Å². The first kappa shape index (κ1) is 72.1. The van der Waals surface area contributed by atoms with Crippen LogP contribution < -0.4 is 0 Å². The summed E-state index contributed by atoms with van der Waals surface area (Å²) >= 11 is 0. The molecule has 0 aliphatic carbocycles. The van der Waals surface area contributed by atoms with Gasteiger partial charge in [0.05, 0.1) is 0 Å². The van der Waals surface area contributed by atoms with Crippen molar-refractivity contribution >= 4 is 19.1 Å². The van der Waals surface area contributed by atoms with Crippen molar-refractivity contribution in [3.05, 3.63) is 0 Å². The molecule has 0 heterocycles. The van der Waals surface area contributed by atoms with Gasteiger partial charge in [0.1, 0.15) is 0 Å². The first-order valence-electron chi connectivity index (χ1n) is 1.72. The van der Waals surface area contributed by atoms with Gasteiger partial charge in [-0.3, -0.25) is 9.59 Å². The molecule has 0 unspecified atom stereocenters. The topological polar surface area (TPSA) is 222 Å². The van der Waals surface area contributed by atoms with Crippen molar-refractivity contribution in [3.63, 3.8) is 0 Å². The van der Waals surface area contributed by atoms with E-state index in [0.717, 1.165) is 0 Å². The average Bonchev–Trinajstić information content (AvgIpc) is 2.06. The maximum absolute atomic E-state index is 8.70. The molecule has 111 valence electrons. The summed E-state index contributed by atoms with van der Waals surface area (Å²) in [6.45, 7) is -0.139. The molecule has 0 saturated carbocycles. The van der Waals surface area contributed by atoms with Crippen LogP contribution in [0.1, 0.15) is 17.7 Å². The Labute approximate surface area is 125 Å². The molecule has 0 fully saturated rings. The molecule has 0 rings (SSSR count). The summed E-state index contributed by atoms with van der Waals surface area (Å²) in [5, 5.41) is 14.0. The molecule has 0 aromatic rings. The van der Waals surface area contributed by atoms with Gasteiger partial charge < -0.3 is 26.2 Å². The molecule has 0 aliphatic heterocycles. The van der Waals surface area contributed by atoms with Crippen LogP contribution in [0.4, 0.5) is 0 Å². The molecule has 0 bridgehead atoms. The zero-order valence-corrected chi connectivity index (χ0v) is 9.91. The van der Waals surface area contributed by atoms with E-state index in [1.165, 1.54) is 0 Å². The maximum atomic E-state index is 8.70. The first-order valence-corrected chi connectivity index (χ1v) is 1.72. The molecule has 0 atom stereocenters. The molecule has 0 aromatic carbocycles. The normalized spacial score (nSPS) is 2.94. The van der Waals surface area contributed by atoms with Crippen molar-refractivity contribution in [1.29, 1.82) is 0 Å². The van der Waals surface area contributed by atoms with Crippen molar-refractivity contribution in [3.8, 4) is 0 Å². The molecular weight excluding hydrogens is 325 g/mol. The maximum Gasteiger partial charge on any atom is 0.373 e. The molecular formula is C5H22O11Y. The zero-order valence-electron chi connectivity index (χ0n) is 7.08.